The monoisotopic (exact) mass is 663 g/mol. The molecule has 2 amide bonds. The maximum atomic E-state index is 14.1. The summed E-state index contributed by atoms with van der Waals surface area (Å²) >= 11 is 1.74. The van der Waals surface area contributed by atoms with Crippen molar-refractivity contribution in [1.82, 2.24) is 20.1 Å². The molecule has 0 spiro atoms. The third-order valence-electron chi connectivity index (χ3n) is 11.1. The van der Waals surface area contributed by atoms with Crippen LogP contribution in [0.4, 0.5) is 16.6 Å². The Morgan fingerprint density at radius 1 is 0.936 bits per heavy atom. The van der Waals surface area contributed by atoms with Crippen molar-refractivity contribution in [2.45, 2.75) is 57.7 Å². The lowest BCUT2D eigenvalue weighted by molar-refractivity contribution is -0.139. The first-order chi connectivity index (χ1) is 22.8. The molecule has 2 aromatic rings. The van der Waals surface area contributed by atoms with Crippen molar-refractivity contribution < 1.29 is 19.1 Å². The molecule has 1 aromatic carbocycles. The predicted octanol–water partition coefficient (Wildman–Crippen LogP) is 2.96. The van der Waals surface area contributed by atoms with E-state index in [0.29, 0.717) is 18.0 Å². The van der Waals surface area contributed by atoms with Crippen LogP contribution in [-0.4, -0.2) is 123 Å². The summed E-state index contributed by atoms with van der Waals surface area (Å²) < 4.78 is 5.87. The van der Waals surface area contributed by atoms with Gasteiger partial charge in [-0.25, -0.2) is 4.98 Å². The molecule has 0 radical (unpaired) electrons. The van der Waals surface area contributed by atoms with Gasteiger partial charge in [0.2, 0.25) is 5.91 Å². The van der Waals surface area contributed by atoms with Crippen molar-refractivity contribution in [2.75, 3.05) is 87.3 Å². The summed E-state index contributed by atoms with van der Waals surface area (Å²) in [6.07, 6.45) is 3.66. The van der Waals surface area contributed by atoms with E-state index < -0.39 is 12.1 Å². The van der Waals surface area contributed by atoms with Gasteiger partial charge in [0, 0.05) is 81.5 Å². The minimum atomic E-state index is -0.639. The van der Waals surface area contributed by atoms with Crippen LogP contribution >= 0.6 is 11.3 Å². The molecule has 7 rings (SSSR count). The highest BCUT2D eigenvalue weighted by Crippen LogP contribution is 2.38. The second-order valence-electron chi connectivity index (χ2n) is 14.4. The normalized spacial score (nSPS) is 26.4. The third-order valence-corrected chi connectivity index (χ3v) is 12.0. The minimum absolute atomic E-state index is 0.0265. The highest BCUT2D eigenvalue weighted by Gasteiger charge is 2.54. The number of hydrogen-bond acceptors (Lipinski definition) is 10. The number of Topliss-reactive ketones (excluding diaryl/α,β-unsaturated/α-hetero) is 1. The van der Waals surface area contributed by atoms with E-state index in [9.17, 15) is 14.4 Å². The first-order valence-electron chi connectivity index (χ1n) is 17.5. The number of fused-ring (bicyclic) bond motifs is 1. The average Bonchev–Trinajstić information content (AvgIpc) is 3.91. The zero-order chi connectivity index (χ0) is 32.7. The SMILES string of the molecule is CC(C)[C@@H]1CN(C(=O)[C@@H](NC(=O)c2ccc(N3CCN(c4csc(N5CCN(C)CC5)n4)CC3)cc2)C2CCCC2)[C@@H]2C(=O)CO[C@@H]21. The maximum Gasteiger partial charge on any atom is 0.251 e. The van der Waals surface area contributed by atoms with Crippen LogP contribution in [0.1, 0.15) is 49.9 Å². The van der Waals surface area contributed by atoms with Crippen LogP contribution in [0.3, 0.4) is 0 Å². The van der Waals surface area contributed by atoms with Gasteiger partial charge in [0.05, 0.1) is 6.10 Å². The number of ether oxygens (including phenoxy) is 1. The van der Waals surface area contributed by atoms with Crippen molar-refractivity contribution >= 4 is 45.6 Å². The number of thiazole rings is 1. The first kappa shape index (κ1) is 32.3. The number of carbonyl (C=O) groups is 3. The number of rotatable bonds is 8. The lowest BCUT2D eigenvalue weighted by Crippen LogP contribution is -2.54. The number of piperazine rings is 2. The summed E-state index contributed by atoms with van der Waals surface area (Å²) in [4.78, 5) is 56.7. The molecule has 4 atom stereocenters. The molecular weight excluding hydrogens is 614 g/mol. The van der Waals surface area contributed by atoms with Crippen LogP contribution < -0.4 is 20.0 Å². The van der Waals surface area contributed by atoms with E-state index in [0.717, 1.165) is 94.7 Å². The van der Waals surface area contributed by atoms with Crippen LogP contribution in [0, 0.1) is 17.8 Å². The highest BCUT2D eigenvalue weighted by molar-refractivity contribution is 7.14. The summed E-state index contributed by atoms with van der Waals surface area (Å²) in [5.74, 6) is 1.15. The maximum absolute atomic E-state index is 14.1. The summed E-state index contributed by atoms with van der Waals surface area (Å²) in [7, 11) is 2.17. The Morgan fingerprint density at radius 3 is 2.28 bits per heavy atom. The second-order valence-corrected chi connectivity index (χ2v) is 15.2. The standard InChI is InChI=1S/C35H49N7O4S/c1-23(2)27-20-42(31-28(43)21-46-32(27)31)34(45)30(24-6-4-5-7-24)37-33(44)25-8-10-26(11-9-25)39-16-18-40(19-17-39)29-22-47-35(36-29)41-14-12-38(3)13-15-41/h8-11,22-24,27,30-32H,4-7,12-21H2,1-3H3,(H,37,44)/t27-,30-,31+,32+/m0/s1. The topological polar surface area (TPSA) is 102 Å². The van der Waals surface area contributed by atoms with Gasteiger partial charge < -0.3 is 34.6 Å². The number of carbonyl (C=O) groups excluding carboxylic acids is 3. The molecule has 5 heterocycles. The molecule has 1 N–H and O–H groups in total. The van der Waals surface area contributed by atoms with E-state index in [1.54, 1.807) is 16.2 Å². The highest BCUT2D eigenvalue weighted by atomic mass is 32.1. The summed E-state index contributed by atoms with van der Waals surface area (Å²) in [6, 6.07) is 6.58. The lowest BCUT2D eigenvalue weighted by atomic mass is 9.91. The Hall–Kier alpha value is -3.22. The molecule has 1 aromatic heterocycles. The number of ketones is 1. The molecule has 5 fully saturated rings. The fourth-order valence-electron chi connectivity index (χ4n) is 8.15. The second kappa shape index (κ2) is 13.7. The van der Waals surface area contributed by atoms with Crippen LogP contribution in [-0.2, 0) is 14.3 Å². The van der Waals surface area contributed by atoms with Gasteiger partial charge >= 0.3 is 0 Å². The van der Waals surface area contributed by atoms with Gasteiger partial charge in [-0.2, -0.15) is 0 Å². The van der Waals surface area contributed by atoms with E-state index in [1.165, 1.54) is 0 Å². The molecular formula is C35H49N7O4S. The molecule has 4 aliphatic heterocycles. The Labute approximate surface area is 282 Å². The fraction of sp³-hybridized carbons (Fsp3) is 0.657. The number of likely N-dealkylation sites (N-methyl/N-ethyl adjacent to an activating group) is 1. The molecule has 1 aliphatic carbocycles. The largest absolute Gasteiger partial charge is 0.368 e. The van der Waals surface area contributed by atoms with Crippen LogP contribution in [0.2, 0.25) is 0 Å². The van der Waals surface area contributed by atoms with Gasteiger partial charge in [-0.15, -0.1) is 11.3 Å². The fourth-order valence-corrected chi connectivity index (χ4v) is 9.04. The minimum Gasteiger partial charge on any atom is -0.368 e. The van der Waals surface area contributed by atoms with Crippen molar-refractivity contribution in [1.29, 1.82) is 0 Å². The van der Waals surface area contributed by atoms with Crippen LogP contribution in [0.15, 0.2) is 29.6 Å². The molecule has 12 heteroatoms. The Morgan fingerprint density at radius 2 is 1.60 bits per heavy atom. The molecule has 0 bridgehead atoms. The van der Waals surface area contributed by atoms with Crippen molar-refractivity contribution in [3.63, 3.8) is 0 Å². The third kappa shape index (κ3) is 6.61. The molecule has 254 valence electrons. The summed E-state index contributed by atoms with van der Waals surface area (Å²) in [6.45, 7) is 12.5. The number of benzene rings is 1. The number of nitrogens with one attached hydrogen (secondary N) is 1. The van der Waals surface area contributed by atoms with E-state index in [2.05, 4.69) is 51.2 Å². The van der Waals surface area contributed by atoms with E-state index in [1.807, 2.05) is 24.3 Å². The number of hydrogen-bond donors (Lipinski definition) is 1. The van der Waals surface area contributed by atoms with Crippen LogP contribution in [0.25, 0.3) is 0 Å². The smallest absolute Gasteiger partial charge is 0.251 e. The predicted molar refractivity (Wildman–Crippen MR) is 184 cm³/mol. The Kier molecular flexibility index (Phi) is 9.44. The number of amides is 2. The number of nitrogens with zero attached hydrogens (tertiary/aromatic N) is 6. The van der Waals surface area contributed by atoms with Gasteiger partial charge in [-0.3, -0.25) is 14.4 Å². The zero-order valence-corrected chi connectivity index (χ0v) is 28.8. The Bertz CT molecular complexity index is 1430. The van der Waals surface area contributed by atoms with E-state index in [4.69, 9.17) is 9.72 Å². The molecule has 0 unspecified atom stereocenters. The number of anilines is 3. The molecule has 47 heavy (non-hydrogen) atoms. The van der Waals surface area contributed by atoms with E-state index >= 15 is 0 Å². The summed E-state index contributed by atoms with van der Waals surface area (Å²) in [5, 5.41) is 6.43. The first-order valence-corrected chi connectivity index (χ1v) is 18.4. The van der Waals surface area contributed by atoms with Crippen molar-refractivity contribution in [3.8, 4) is 0 Å². The Balaban J connectivity index is 0.969. The molecule has 4 saturated heterocycles. The van der Waals surface area contributed by atoms with Crippen molar-refractivity contribution in [3.05, 3.63) is 35.2 Å². The average molecular weight is 664 g/mol. The van der Waals surface area contributed by atoms with Gasteiger partial charge in [-0.1, -0.05) is 26.7 Å². The van der Waals surface area contributed by atoms with E-state index in [-0.39, 0.29) is 42.1 Å². The number of likely N-dealkylation sites (tertiary alicyclic amines) is 1. The molecule has 11 nitrogen and oxygen atoms in total. The number of aromatic nitrogens is 1. The zero-order valence-electron chi connectivity index (χ0n) is 28.0. The van der Waals surface area contributed by atoms with Gasteiger partial charge in [0.15, 0.2) is 10.9 Å². The quantitative estimate of drug-likeness (QED) is 0.457. The lowest BCUT2D eigenvalue weighted by Gasteiger charge is -2.36. The van der Waals surface area contributed by atoms with Crippen molar-refractivity contribution in [2.24, 2.45) is 17.8 Å². The van der Waals surface area contributed by atoms with Gasteiger partial charge in [0.25, 0.3) is 5.91 Å². The molecule has 1 saturated carbocycles. The summed E-state index contributed by atoms with van der Waals surface area (Å²) in [5.41, 5.74) is 1.63. The molecule has 5 aliphatic rings. The van der Waals surface area contributed by atoms with Crippen LogP contribution in [0.5, 0.6) is 0 Å². The van der Waals surface area contributed by atoms with Gasteiger partial charge in [0.1, 0.15) is 24.5 Å². The van der Waals surface area contributed by atoms with Gasteiger partial charge in [-0.05, 0) is 56.0 Å².